The smallest absolute Gasteiger partial charge is 0.328 e. The van der Waals surface area contributed by atoms with Crippen LogP contribution in [-0.4, -0.2) is 34.2 Å². The molecule has 1 unspecified atom stereocenters. The van der Waals surface area contributed by atoms with Crippen LogP contribution < -0.4 is 16.8 Å². The van der Waals surface area contributed by atoms with Gasteiger partial charge >= 0.3 is 18.0 Å². The van der Waals surface area contributed by atoms with Crippen molar-refractivity contribution in [1.29, 1.82) is 0 Å². The average Bonchev–Trinajstić information content (AvgIpc) is 2.36. The molecule has 7 N–H and O–H groups in total. The van der Waals surface area contributed by atoms with E-state index < -0.39 is 18.0 Å². The summed E-state index contributed by atoms with van der Waals surface area (Å²) in [5, 5.41) is 18.1. The number of anilines is 1. The molecule has 1 aromatic rings. The van der Waals surface area contributed by atoms with Crippen molar-refractivity contribution in [2.75, 3.05) is 5.32 Å². The zero-order valence-electron chi connectivity index (χ0n) is 12.0. The molecule has 0 aliphatic rings. The molecule has 0 aromatic heterocycles. The number of aliphatic carboxylic acids is 2. The predicted molar refractivity (Wildman–Crippen MR) is 81.4 cm³/mol. The SMILES string of the molecule is CC(N)Cc1cccc(NC(N)=O)c1.O=C(O)/C=C\C(=O)O. The Kier molecular flexibility index (Phi) is 8.65. The van der Waals surface area contributed by atoms with Crippen LogP contribution in [0.2, 0.25) is 0 Å². The fourth-order valence-electron chi connectivity index (χ4n) is 1.43. The lowest BCUT2D eigenvalue weighted by Crippen LogP contribution is -2.20. The van der Waals surface area contributed by atoms with Gasteiger partial charge in [0.05, 0.1) is 0 Å². The summed E-state index contributed by atoms with van der Waals surface area (Å²) in [6.07, 6.45) is 1.90. The molecule has 0 saturated heterocycles. The van der Waals surface area contributed by atoms with E-state index in [2.05, 4.69) is 5.32 Å². The highest BCUT2D eigenvalue weighted by molar-refractivity contribution is 5.89. The molecular formula is C14H19N3O5. The third-order valence-corrected chi connectivity index (χ3v) is 2.12. The zero-order chi connectivity index (χ0) is 17.1. The third kappa shape index (κ3) is 11.0. The molecule has 0 fully saturated rings. The Bertz CT molecular complexity index is 539. The number of carbonyl (C=O) groups is 3. The van der Waals surface area contributed by atoms with Gasteiger partial charge in [0, 0.05) is 23.9 Å². The second-order valence-corrected chi connectivity index (χ2v) is 4.38. The summed E-state index contributed by atoms with van der Waals surface area (Å²) in [5.41, 5.74) is 12.5. The number of nitrogens with one attached hydrogen (secondary N) is 1. The number of hydrogen-bond acceptors (Lipinski definition) is 4. The van der Waals surface area contributed by atoms with Crippen molar-refractivity contribution in [3.05, 3.63) is 42.0 Å². The van der Waals surface area contributed by atoms with Gasteiger partial charge in [-0.1, -0.05) is 12.1 Å². The summed E-state index contributed by atoms with van der Waals surface area (Å²) >= 11 is 0. The lowest BCUT2D eigenvalue weighted by molar-refractivity contribution is -0.134. The standard InChI is InChI=1S/C10H15N3O.C4H4O4/c1-7(11)5-8-3-2-4-9(6-8)13-10(12)14;5-3(6)1-2-4(7)8/h2-4,6-7H,5,11H2,1H3,(H3,12,13,14);1-2H,(H,5,6)(H,7,8)/b;2-1-. The molecule has 0 bridgehead atoms. The van der Waals surface area contributed by atoms with E-state index in [1.165, 1.54) is 0 Å². The van der Waals surface area contributed by atoms with Crippen molar-refractivity contribution in [3.63, 3.8) is 0 Å². The molecule has 0 radical (unpaired) electrons. The van der Waals surface area contributed by atoms with E-state index in [9.17, 15) is 14.4 Å². The minimum Gasteiger partial charge on any atom is -0.478 e. The van der Waals surface area contributed by atoms with E-state index in [1.807, 2.05) is 25.1 Å². The normalized spacial score (nSPS) is 11.2. The van der Waals surface area contributed by atoms with Gasteiger partial charge in [0.25, 0.3) is 0 Å². The Labute approximate surface area is 127 Å². The monoisotopic (exact) mass is 309 g/mol. The van der Waals surface area contributed by atoms with Crippen LogP contribution in [0.3, 0.4) is 0 Å². The maximum absolute atomic E-state index is 10.6. The Balaban J connectivity index is 0.000000472. The fraction of sp³-hybridized carbons (Fsp3) is 0.214. The number of primary amides is 1. The molecule has 2 amide bonds. The van der Waals surface area contributed by atoms with Crippen LogP contribution in [0, 0.1) is 0 Å². The average molecular weight is 309 g/mol. The van der Waals surface area contributed by atoms with E-state index >= 15 is 0 Å². The first-order valence-electron chi connectivity index (χ1n) is 6.25. The van der Waals surface area contributed by atoms with Crippen LogP contribution in [0.25, 0.3) is 0 Å². The van der Waals surface area contributed by atoms with Gasteiger partial charge in [0.2, 0.25) is 0 Å². The first-order chi connectivity index (χ1) is 10.2. The minimum atomic E-state index is -1.26. The van der Waals surface area contributed by atoms with Crippen LogP contribution in [0.5, 0.6) is 0 Å². The molecule has 120 valence electrons. The number of carboxylic acids is 2. The van der Waals surface area contributed by atoms with Gasteiger partial charge in [0.1, 0.15) is 0 Å². The lowest BCUT2D eigenvalue weighted by atomic mass is 10.1. The number of carbonyl (C=O) groups excluding carboxylic acids is 1. The maximum atomic E-state index is 10.6. The second-order valence-electron chi connectivity index (χ2n) is 4.38. The van der Waals surface area contributed by atoms with Crippen molar-refractivity contribution in [2.45, 2.75) is 19.4 Å². The van der Waals surface area contributed by atoms with Gasteiger partial charge in [-0.25, -0.2) is 14.4 Å². The zero-order valence-corrected chi connectivity index (χ0v) is 12.0. The summed E-state index contributed by atoms with van der Waals surface area (Å²) in [6, 6.07) is 7.05. The number of nitrogens with two attached hydrogens (primary N) is 2. The van der Waals surface area contributed by atoms with E-state index in [0.29, 0.717) is 17.8 Å². The Morgan fingerprint density at radius 2 is 1.77 bits per heavy atom. The first-order valence-corrected chi connectivity index (χ1v) is 6.25. The van der Waals surface area contributed by atoms with Crippen LogP contribution in [0.4, 0.5) is 10.5 Å². The van der Waals surface area contributed by atoms with E-state index in [0.717, 1.165) is 12.0 Å². The molecule has 0 aliphatic heterocycles. The van der Waals surface area contributed by atoms with Crippen molar-refractivity contribution in [3.8, 4) is 0 Å². The fourth-order valence-corrected chi connectivity index (χ4v) is 1.43. The largest absolute Gasteiger partial charge is 0.478 e. The lowest BCUT2D eigenvalue weighted by Gasteiger charge is -2.07. The third-order valence-electron chi connectivity index (χ3n) is 2.12. The molecule has 22 heavy (non-hydrogen) atoms. The van der Waals surface area contributed by atoms with Gasteiger partial charge < -0.3 is 27.0 Å². The number of hydrogen-bond donors (Lipinski definition) is 5. The van der Waals surface area contributed by atoms with Gasteiger partial charge in [0.15, 0.2) is 0 Å². The Morgan fingerprint density at radius 1 is 1.23 bits per heavy atom. The van der Waals surface area contributed by atoms with Crippen molar-refractivity contribution < 1.29 is 24.6 Å². The summed E-state index contributed by atoms with van der Waals surface area (Å²) < 4.78 is 0. The number of amides is 2. The van der Waals surface area contributed by atoms with Crippen molar-refractivity contribution in [1.82, 2.24) is 0 Å². The molecular weight excluding hydrogens is 290 g/mol. The summed E-state index contributed by atoms with van der Waals surface area (Å²) in [6.45, 7) is 1.94. The highest BCUT2D eigenvalue weighted by Gasteiger charge is 2.00. The van der Waals surface area contributed by atoms with Gasteiger partial charge in [-0.15, -0.1) is 0 Å². The van der Waals surface area contributed by atoms with Crippen LogP contribution in [0.1, 0.15) is 12.5 Å². The summed E-state index contributed by atoms with van der Waals surface area (Å²) in [4.78, 5) is 29.7. The molecule has 0 spiro atoms. The topological polar surface area (TPSA) is 156 Å². The number of urea groups is 1. The molecule has 0 aliphatic carbocycles. The molecule has 1 rings (SSSR count). The highest BCUT2D eigenvalue weighted by Crippen LogP contribution is 2.11. The molecule has 8 nitrogen and oxygen atoms in total. The van der Waals surface area contributed by atoms with E-state index in [4.69, 9.17) is 21.7 Å². The Morgan fingerprint density at radius 3 is 2.18 bits per heavy atom. The molecule has 1 aromatic carbocycles. The quantitative estimate of drug-likeness (QED) is 0.506. The number of carboxylic acid groups (broad SMARTS) is 2. The molecule has 0 heterocycles. The minimum absolute atomic E-state index is 0.110. The van der Waals surface area contributed by atoms with Crippen LogP contribution in [-0.2, 0) is 16.0 Å². The van der Waals surface area contributed by atoms with Crippen molar-refractivity contribution in [2.24, 2.45) is 11.5 Å². The summed E-state index contributed by atoms with van der Waals surface area (Å²) in [5.74, 6) is -2.51. The van der Waals surface area contributed by atoms with E-state index in [-0.39, 0.29) is 6.04 Å². The second kappa shape index (κ2) is 9.94. The van der Waals surface area contributed by atoms with Crippen molar-refractivity contribution >= 4 is 23.7 Å². The molecule has 0 saturated carbocycles. The number of rotatable bonds is 5. The van der Waals surface area contributed by atoms with Gasteiger partial charge in [-0.05, 0) is 31.0 Å². The predicted octanol–water partition coefficient (Wildman–Crippen LogP) is 0.779. The molecule has 1 atom stereocenters. The summed E-state index contributed by atoms with van der Waals surface area (Å²) in [7, 11) is 0. The van der Waals surface area contributed by atoms with Gasteiger partial charge in [-0.2, -0.15) is 0 Å². The number of benzene rings is 1. The Hall–Kier alpha value is -2.87. The highest BCUT2D eigenvalue weighted by atomic mass is 16.4. The van der Waals surface area contributed by atoms with Crippen LogP contribution in [0.15, 0.2) is 36.4 Å². The van der Waals surface area contributed by atoms with Crippen LogP contribution >= 0.6 is 0 Å². The van der Waals surface area contributed by atoms with E-state index in [1.54, 1.807) is 6.07 Å². The first kappa shape index (κ1) is 19.1. The maximum Gasteiger partial charge on any atom is 0.328 e. The molecule has 8 heteroatoms. The van der Waals surface area contributed by atoms with Gasteiger partial charge in [-0.3, -0.25) is 0 Å².